The Labute approximate surface area is 111 Å². The molecule has 0 bridgehead atoms. The van der Waals surface area contributed by atoms with Crippen molar-refractivity contribution in [3.63, 3.8) is 0 Å². The van der Waals surface area contributed by atoms with Gasteiger partial charge in [0.15, 0.2) is 5.60 Å². The van der Waals surface area contributed by atoms with Gasteiger partial charge in [-0.05, 0) is 38.5 Å². The van der Waals surface area contributed by atoms with Crippen LogP contribution in [0.2, 0.25) is 0 Å². The van der Waals surface area contributed by atoms with Gasteiger partial charge in [0.25, 0.3) is 5.91 Å². The van der Waals surface area contributed by atoms with Crippen molar-refractivity contribution in [1.82, 2.24) is 0 Å². The van der Waals surface area contributed by atoms with Gasteiger partial charge in [0.2, 0.25) is 0 Å². The van der Waals surface area contributed by atoms with Gasteiger partial charge in [-0.25, -0.2) is 0 Å². The highest BCUT2D eigenvalue weighted by Crippen LogP contribution is 2.38. The Balaban J connectivity index is 2.52. The van der Waals surface area contributed by atoms with Gasteiger partial charge in [0, 0.05) is 0 Å². The summed E-state index contributed by atoms with van der Waals surface area (Å²) in [6.45, 7) is 4.66. The number of benzene rings is 1. The summed E-state index contributed by atoms with van der Waals surface area (Å²) in [6.07, 6.45) is 0. The fraction of sp³-hybridized carbons (Fsp3) is 0.429. The molecule has 0 unspecified atom stereocenters. The van der Waals surface area contributed by atoms with Gasteiger partial charge < -0.3 is 9.84 Å². The molecule has 5 heteroatoms. The van der Waals surface area contributed by atoms with E-state index < -0.39 is 5.60 Å². The van der Waals surface area contributed by atoms with Gasteiger partial charge in [-0.1, -0.05) is 6.07 Å². The lowest BCUT2D eigenvalue weighted by Crippen LogP contribution is -2.53. The Kier molecular flexibility index (Phi) is 3.32. The highest BCUT2D eigenvalue weighted by Gasteiger charge is 2.41. The summed E-state index contributed by atoms with van der Waals surface area (Å²) in [6, 6.07) is 5.12. The van der Waals surface area contributed by atoms with Crippen LogP contribution in [-0.4, -0.2) is 28.9 Å². The molecule has 1 aliphatic heterocycles. The number of nitrogens with zero attached hydrogens (tertiary/aromatic N) is 1. The van der Waals surface area contributed by atoms with E-state index in [1.165, 1.54) is 11.8 Å². The largest absolute Gasteiger partial charge is 0.476 e. The highest BCUT2D eigenvalue weighted by molar-refractivity contribution is 6.05. The quantitative estimate of drug-likeness (QED) is 0.892. The molecule has 0 aromatic heterocycles. The predicted octanol–water partition coefficient (Wildman–Crippen LogP) is 1.27. The number of fused-ring (bicyclic) bond motifs is 1. The summed E-state index contributed by atoms with van der Waals surface area (Å²) in [5.74, 6) is 0.180. The van der Waals surface area contributed by atoms with E-state index >= 15 is 0 Å². The molecule has 1 N–H and O–H groups in total. The first kappa shape index (κ1) is 13.5. The van der Waals surface area contributed by atoms with Crippen LogP contribution in [0.1, 0.15) is 26.3 Å². The van der Waals surface area contributed by atoms with E-state index in [2.05, 4.69) is 0 Å². The zero-order valence-electron chi connectivity index (χ0n) is 11.3. The van der Waals surface area contributed by atoms with Gasteiger partial charge >= 0.3 is 0 Å². The third-order valence-corrected chi connectivity index (χ3v) is 3.00. The molecule has 1 aromatic rings. The molecule has 1 amide bonds. The van der Waals surface area contributed by atoms with Gasteiger partial charge in [0.1, 0.15) is 11.5 Å². The molecule has 0 radical (unpaired) electrons. The molecule has 0 fully saturated rings. The molecule has 0 spiro atoms. The second kappa shape index (κ2) is 4.66. The normalized spacial score (nSPS) is 16.8. The summed E-state index contributed by atoms with van der Waals surface area (Å²) in [4.78, 5) is 25.1. The third-order valence-electron chi connectivity index (χ3n) is 3.00. The number of Topliss-reactive ketones (excluding diaryl/α,β-unsaturated/α-hetero) is 1. The third kappa shape index (κ3) is 2.46. The number of aliphatic hydroxyl groups is 1. The maximum absolute atomic E-state index is 12.3. The number of carbonyl (C=O) groups is 2. The number of rotatable bonds is 3. The van der Waals surface area contributed by atoms with E-state index in [1.807, 2.05) is 0 Å². The van der Waals surface area contributed by atoms with Gasteiger partial charge in [-0.3, -0.25) is 14.5 Å². The Morgan fingerprint density at radius 2 is 2.11 bits per heavy atom. The second-order valence-corrected chi connectivity index (χ2v) is 5.17. The van der Waals surface area contributed by atoms with Gasteiger partial charge in [0.05, 0.1) is 18.8 Å². The summed E-state index contributed by atoms with van der Waals surface area (Å²) >= 11 is 0. The molecule has 2 rings (SSSR count). The van der Waals surface area contributed by atoms with E-state index in [9.17, 15) is 9.59 Å². The first-order valence-electron chi connectivity index (χ1n) is 6.09. The van der Waals surface area contributed by atoms with Crippen LogP contribution in [0.25, 0.3) is 0 Å². The number of hydrogen-bond donors (Lipinski definition) is 1. The molecule has 19 heavy (non-hydrogen) atoms. The number of ketones is 1. The first-order valence-corrected chi connectivity index (χ1v) is 6.09. The zero-order chi connectivity index (χ0) is 14.2. The Hall–Kier alpha value is -1.88. The smallest absolute Gasteiger partial charge is 0.271 e. The van der Waals surface area contributed by atoms with Crippen LogP contribution in [0, 0.1) is 0 Å². The average Bonchev–Trinajstić information content (AvgIpc) is 2.34. The standard InChI is InChI=1S/C14H17NO4/c1-9(17)7-15-11-6-10(8-16)4-5-12(11)19-14(2,3)13(15)18/h4-6,16H,7-8H2,1-3H3. The molecule has 0 aliphatic carbocycles. The summed E-state index contributed by atoms with van der Waals surface area (Å²) in [5, 5.41) is 9.16. The molecule has 0 saturated carbocycles. The van der Waals surface area contributed by atoms with Crippen LogP contribution < -0.4 is 9.64 Å². The molecule has 1 heterocycles. The molecule has 1 aromatic carbocycles. The van der Waals surface area contributed by atoms with Crippen molar-refractivity contribution in [2.45, 2.75) is 33.0 Å². The van der Waals surface area contributed by atoms with Gasteiger partial charge in [-0.15, -0.1) is 0 Å². The molecule has 0 atom stereocenters. The highest BCUT2D eigenvalue weighted by atomic mass is 16.5. The SMILES string of the molecule is CC(=O)CN1C(=O)C(C)(C)Oc2ccc(CO)cc21. The van der Waals surface area contributed by atoms with Crippen LogP contribution in [0.5, 0.6) is 5.75 Å². The van der Waals surface area contributed by atoms with Crippen molar-refractivity contribution in [1.29, 1.82) is 0 Å². The van der Waals surface area contributed by atoms with E-state index in [0.717, 1.165) is 0 Å². The zero-order valence-corrected chi connectivity index (χ0v) is 11.3. The van der Waals surface area contributed by atoms with E-state index in [1.54, 1.807) is 32.0 Å². The van der Waals surface area contributed by atoms with Crippen LogP contribution in [0.3, 0.4) is 0 Å². The minimum absolute atomic E-state index is 0.00745. The monoisotopic (exact) mass is 263 g/mol. The summed E-state index contributed by atoms with van der Waals surface area (Å²) < 4.78 is 5.66. The Bertz CT molecular complexity index is 536. The van der Waals surface area contributed by atoms with E-state index in [4.69, 9.17) is 9.84 Å². The van der Waals surface area contributed by atoms with Crippen molar-refractivity contribution in [2.24, 2.45) is 0 Å². The number of ether oxygens (including phenoxy) is 1. The van der Waals surface area contributed by atoms with Crippen LogP contribution in [-0.2, 0) is 16.2 Å². The molecule has 0 saturated heterocycles. The fourth-order valence-corrected chi connectivity index (χ4v) is 2.09. The fourth-order valence-electron chi connectivity index (χ4n) is 2.09. The van der Waals surface area contributed by atoms with Crippen LogP contribution in [0.15, 0.2) is 18.2 Å². The second-order valence-electron chi connectivity index (χ2n) is 5.17. The predicted molar refractivity (Wildman–Crippen MR) is 70.1 cm³/mol. The van der Waals surface area contributed by atoms with Crippen molar-refractivity contribution in [3.8, 4) is 5.75 Å². The van der Waals surface area contributed by atoms with Crippen molar-refractivity contribution >= 4 is 17.4 Å². The van der Waals surface area contributed by atoms with Crippen LogP contribution in [0.4, 0.5) is 5.69 Å². The molecule has 5 nitrogen and oxygen atoms in total. The maximum atomic E-state index is 12.3. The summed E-state index contributed by atoms with van der Waals surface area (Å²) in [5.41, 5.74) is 0.206. The topological polar surface area (TPSA) is 66.8 Å². The Morgan fingerprint density at radius 3 is 2.68 bits per heavy atom. The molecule has 102 valence electrons. The lowest BCUT2D eigenvalue weighted by Gasteiger charge is -2.38. The maximum Gasteiger partial charge on any atom is 0.271 e. The summed E-state index contributed by atoms with van der Waals surface area (Å²) in [7, 11) is 0. The molecular weight excluding hydrogens is 246 g/mol. The first-order chi connectivity index (χ1) is 8.85. The van der Waals surface area contributed by atoms with Gasteiger partial charge in [-0.2, -0.15) is 0 Å². The lowest BCUT2D eigenvalue weighted by molar-refractivity contribution is -0.133. The minimum Gasteiger partial charge on any atom is -0.476 e. The van der Waals surface area contributed by atoms with E-state index in [0.29, 0.717) is 17.0 Å². The number of anilines is 1. The van der Waals surface area contributed by atoms with Crippen molar-refractivity contribution < 1.29 is 19.4 Å². The lowest BCUT2D eigenvalue weighted by atomic mass is 10.0. The van der Waals surface area contributed by atoms with Crippen LogP contribution >= 0.6 is 0 Å². The number of aliphatic hydroxyl groups excluding tert-OH is 1. The number of carbonyl (C=O) groups excluding carboxylic acids is 2. The number of amides is 1. The number of hydrogen-bond acceptors (Lipinski definition) is 4. The van der Waals surface area contributed by atoms with Crippen molar-refractivity contribution in [3.05, 3.63) is 23.8 Å². The molecular formula is C14H17NO4. The minimum atomic E-state index is -0.997. The molecule has 1 aliphatic rings. The van der Waals surface area contributed by atoms with E-state index in [-0.39, 0.29) is 24.8 Å². The average molecular weight is 263 g/mol. The Morgan fingerprint density at radius 1 is 1.42 bits per heavy atom. The van der Waals surface area contributed by atoms with Crippen molar-refractivity contribution in [2.75, 3.05) is 11.4 Å².